The molecule has 5 nitrogen and oxygen atoms in total. The van der Waals surface area contributed by atoms with Gasteiger partial charge in [0.05, 0.1) is 6.42 Å². The van der Waals surface area contributed by atoms with Crippen LogP contribution in [0.2, 0.25) is 0 Å². The number of nitrogens with one attached hydrogen (secondary N) is 1. The van der Waals surface area contributed by atoms with Crippen LogP contribution in [-0.2, 0) is 11.2 Å². The summed E-state index contributed by atoms with van der Waals surface area (Å²) in [5.41, 5.74) is 1.33. The van der Waals surface area contributed by atoms with Gasteiger partial charge in [0, 0.05) is 16.5 Å². The number of hydrogen-bond donors (Lipinski definition) is 1. The zero-order valence-corrected chi connectivity index (χ0v) is 11.0. The molecule has 2 aromatic heterocycles. The lowest BCUT2D eigenvalue weighted by Gasteiger charge is -1.98. The molecule has 96 valence electrons. The van der Waals surface area contributed by atoms with Gasteiger partial charge in [-0.2, -0.15) is 0 Å². The number of amides is 1. The minimum Gasteiger partial charge on any atom is -0.356 e. The molecule has 0 aliphatic rings. The van der Waals surface area contributed by atoms with Gasteiger partial charge in [-0.1, -0.05) is 17.3 Å². The number of anilines is 1. The summed E-state index contributed by atoms with van der Waals surface area (Å²) in [6.07, 6.45) is 1.90. The standard InChI is InChI=1S/C13H11N3O2S/c1-8-7-14-13(19-8)15-12(17)6-10-9-4-2-3-5-11(9)18-16-10/h2-5,7H,6H2,1H3,(H,14,15,17). The predicted molar refractivity (Wildman–Crippen MR) is 73.2 cm³/mol. The maximum absolute atomic E-state index is 11.9. The maximum atomic E-state index is 11.9. The summed E-state index contributed by atoms with van der Waals surface area (Å²) in [6, 6.07) is 7.48. The maximum Gasteiger partial charge on any atom is 0.232 e. The monoisotopic (exact) mass is 273 g/mol. The molecule has 1 aromatic carbocycles. The van der Waals surface area contributed by atoms with E-state index >= 15 is 0 Å². The Labute approximate surface area is 113 Å². The van der Waals surface area contributed by atoms with E-state index in [1.807, 2.05) is 31.2 Å². The Hall–Kier alpha value is -2.21. The Morgan fingerprint density at radius 1 is 1.42 bits per heavy atom. The lowest BCUT2D eigenvalue weighted by atomic mass is 10.2. The summed E-state index contributed by atoms with van der Waals surface area (Å²) in [6.45, 7) is 1.94. The third-order valence-electron chi connectivity index (χ3n) is 2.65. The lowest BCUT2D eigenvalue weighted by molar-refractivity contribution is -0.115. The molecule has 0 saturated heterocycles. The zero-order chi connectivity index (χ0) is 13.2. The second-order valence-corrected chi connectivity index (χ2v) is 5.36. The number of rotatable bonds is 3. The van der Waals surface area contributed by atoms with Crippen LogP contribution in [0.15, 0.2) is 35.0 Å². The fourth-order valence-electron chi connectivity index (χ4n) is 1.79. The van der Waals surface area contributed by atoms with Crippen molar-refractivity contribution in [2.24, 2.45) is 0 Å². The van der Waals surface area contributed by atoms with Crippen molar-refractivity contribution in [3.63, 3.8) is 0 Å². The summed E-state index contributed by atoms with van der Waals surface area (Å²) in [5, 5.41) is 8.16. The van der Waals surface area contributed by atoms with Gasteiger partial charge in [0.25, 0.3) is 0 Å². The number of hydrogen-bond acceptors (Lipinski definition) is 5. The fourth-order valence-corrected chi connectivity index (χ4v) is 2.47. The van der Waals surface area contributed by atoms with Crippen LogP contribution in [0.1, 0.15) is 10.6 Å². The molecule has 0 fully saturated rings. The zero-order valence-electron chi connectivity index (χ0n) is 10.2. The van der Waals surface area contributed by atoms with Crippen LogP contribution in [0, 0.1) is 6.92 Å². The summed E-state index contributed by atoms with van der Waals surface area (Å²) in [7, 11) is 0. The SMILES string of the molecule is Cc1cnc(NC(=O)Cc2noc3ccccc23)s1. The molecule has 0 aliphatic carbocycles. The molecule has 0 aliphatic heterocycles. The van der Waals surface area contributed by atoms with Crippen molar-refractivity contribution in [3.8, 4) is 0 Å². The van der Waals surface area contributed by atoms with E-state index in [4.69, 9.17) is 4.52 Å². The third kappa shape index (κ3) is 2.48. The Balaban J connectivity index is 1.76. The van der Waals surface area contributed by atoms with E-state index in [1.165, 1.54) is 11.3 Å². The third-order valence-corrected chi connectivity index (χ3v) is 3.48. The van der Waals surface area contributed by atoms with Crippen molar-refractivity contribution in [3.05, 3.63) is 41.0 Å². The van der Waals surface area contributed by atoms with Gasteiger partial charge in [0.15, 0.2) is 10.7 Å². The van der Waals surface area contributed by atoms with Crippen molar-refractivity contribution in [2.75, 3.05) is 5.32 Å². The molecule has 0 atom stereocenters. The van der Waals surface area contributed by atoms with Crippen molar-refractivity contribution in [1.29, 1.82) is 0 Å². The average Bonchev–Trinajstić information content (AvgIpc) is 2.97. The van der Waals surface area contributed by atoms with Crippen LogP contribution < -0.4 is 5.32 Å². The second kappa shape index (κ2) is 4.81. The lowest BCUT2D eigenvalue weighted by Crippen LogP contribution is -2.14. The molecular formula is C13H11N3O2S. The van der Waals surface area contributed by atoms with Crippen LogP contribution in [0.5, 0.6) is 0 Å². The average molecular weight is 273 g/mol. The van der Waals surface area contributed by atoms with Crippen LogP contribution in [0.4, 0.5) is 5.13 Å². The minimum atomic E-state index is -0.145. The number of para-hydroxylation sites is 1. The van der Waals surface area contributed by atoms with Gasteiger partial charge >= 0.3 is 0 Å². The highest BCUT2D eigenvalue weighted by atomic mass is 32.1. The van der Waals surface area contributed by atoms with E-state index in [0.717, 1.165) is 10.3 Å². The Morgan fingerprint density at radius 2 is 2.26 bits per heavy atom. The predicted octanol–water partition coefficient (Wildman–Crippen LogP) is 2.77. The van der Waals surface area contributed by atoms with Crippen LogP contribution in [-0.4, -0.2) is 16.0 Å². The van der Waals surface area contributed by atoms with E-state index in [9.17, 15) is 4.79 Å². The summed E-state index contributed by atoms with van der Waals surface area (Å²) >= 11 is 1.45. The molecular weight excluding hydrogens is 262 g/mol. The number of carbonyl (C=O) groups is 1. The largest absolute Gasteiger partial charge is 0.356 e. The number of benzene rings is 1. The number of fused-ring (bicyclic) bond motifs is 1. The van der Waals surface area contributed by atoms with Gasteiger partial charge < -0.3 is 9.84 Å². The first-order chi connectivity index (χ1) is 9.22. The number of thiazole rings is 1. The van der Waals surface area contributed by atoms with E-state index in [2.05, 4.69) is 15.5 Å². The van der Waals surface area contributed by atoms with Crippen LogP contribution >= 0.6 is 11.3 Å². The normalized spacial score (nSPS) is 10.8. The fraction of sp³-hybridized carbons (Fsp3) is 0.154. The first-order valence-corrected chi connectivity index (χ1v) is 6.59. The molecule has 0 radical (unpaired) electrons. The smallest absolute Gasteiger partial charge is 0.232 e. The van der Waals surface area contributed by atoms with E-state index in [0.29, 0.717) is 16.4 Å². The molecule has 2 heterocycles. The first kappa shape index (κ1) is 11.9. The highest BCUT2D eigenvalue weighted by Gasteiger charge is 2.13. The van der Waals surface area contributed by atoms with Gasteiger partial charge in [-0.25, -0.2) is 4.98 Å². The number of aryl methyl sites for hydroxylation is 1. The molecule has 0 bridgehead atoms. The highest BCUT2D eigenvalue weighted by molar-refractivity contribution is 7.15. The molecule has 1 N–H and O–H groups in total. The van der Waals surface area contributed by atoms with Gasteiger partial charge in [-0.05, 0) is 19.1 Å². The van der Waals surface area contributed by atoms with Crippen molar-refractivity contribution in [2.45, 2.75) is 13.3 Å². The van der Waals surface area contributed by atoms with Crippen LogP contribution in [0.25, 0.3) is 11.0 Å². The van der Waals surface area contributed by atoms with E-state index < -0.39 is 0 Å². The summed E-state index contributed by atoms with van der Waals surface area (Å²) < 4.78 is 5.16. The molecule has 1 amide bonds. The number of nitrogens with zero attached hydrogens (tertiary/aromatic N) is 2. The van der Waals surface area contributed by atoms with Gasteiger partial charge in [0.2, 0.25) is 5.91 Å². The van der Waals surface area contributed by atoms with Crippen LogP contribution in [0.3, 0.4) is 0 Å². The van der Waals surface area contributed by atoms with Crippen molar-refractivity contribution < 1.29 is 9.32 Å². The molecule has 6 heteroatoms. The van der Waals surface area contributed by atoms with Gasteiger partial charge in [-0.15, -0.1) is 11.3 Å². The summed E-state index contributed by atoms with van der Waals surface area (Å²) in [5.74, 6) is -0.145. The topological polar surface area (TPSA) is 68.0 Å². The Morgan fingerprint density at radius 3 is 3.05 bits per heavy atom. The minimum absolute atomic E-state index is 0.145. The Kier molecular flexibility index (Phi) is 3.00. The second-order valence-electron chi connectivity index (χ2n) is 4.13. The van der Waals surface area contributed by atoms with E-state index in [-0.39, 0.29) is 12.3 Å². The highest BCUT2D eigenvalue weighted by Crippen LogP contribution is 2.20. The van der Waals surface area contributed by atoms with Gasteiger partial charge in [-0.3, -0.25) is 4.79 Å². The Bertz CT molecular complexity index is 732. The van der Waals surface area contributed by atoms with Gasteiger partial charge in [0.1, 0.15) is 5.69 Å². The summed E-state index contributed by atoms with van der Waals surface area (Å²) in [4.78, 5) is 17.1. The first-order valence-electron chi connectivity index (χ1n) is 5.78. The molecule has 19 heavy (non-hydrogen) atoms. The number of aromatic nitrogens is 2. The molecule has 3 aromatic rings. The van der Waals surface area contributed by atoms with Crippen molar-refractivity contribution in [1.82, 2.24) is 10.1 Å². The molecule has 0 spiro atoms. The quantitative estimate of drug-likeness (QED) is 0.796. The molecule has 3 rings (SSSR count). The molecule has 0 unspecified atom stereocenters. The van der Waals surface area contributed by atoms with Crippen molar-refractivity contribution >= 4 is 33.3 Å². The molecule has 0 saturated carbocycles. The van der Waals surface area contributed by atoms with E-state index in [1.54, 1.807) is 6.20 Å². The number of carbonyl (C=O) groups excluding carboxylic acids is 1.